The summed E-state index contributed by atoms with van der Waals surface area (Å²) >= 11 is -3.01. The minimum atomic E-state index is -3.01. The first-order chi connectivity index (χ1) is 8.16. The quantitative estimate of drug-likeness (QED) is 0.744. The predicted molar refractivity (Wildman–Crippen MR) is 72.0 cm³/mol. The molecule has 2 rings (SSSR count). The Morgan fingerprint density at radius 1 is 0.647 bits per heavy atom. The molecule has 88 valence electrons. The van der Waals surface area contributed by atoms with E-state index in [1.807, 2.05) is 36.4 Å². The van der Waals surface area contributed by atoms with E-state index in [-0.39, 0.29) is 0 Å². The van der Waals surface area contributed by atoms with E-state index in [9.17, 15) is 0 Å². The van der Waals surface area contributed by atoms with E-state index in [1.165, 1.54) is 11.1 Å². The SMILES string of the molecule is [Cl][Zr]([Cl])([CH2]c1ccccc1)[CH2]c1ccccc1. The van der Waals surface area contributed by atoms with E-state index in [0.717, 1.165) is 8.26 Å². The van der Waals surface area contributed by atoms with E-state index >= 15 is 0 Å². The van der Waals surface area contributed by atoms with Crippen LogP contribution in [0.2, 0.25) is 0 Å². The van der Waals surface area contributed by atoms with Crippen LogP contribution in [0.4, 0.5) is 0 Å². The van der Waals surface area contributed by atoms with E-state index in [0.29, 0.717) is 0 Å². The van der Waals surface area contributed by atoms with Crippen LogP contribution in [0.3, 0.4) is 0 Å². The summed E-state index contributed by atoms with van der Waals surface area (Å²) in [5.41, 5.74) is 2.51. The molecule has 0 bridgehead atoms. The summed E-state index contributed by atoms with van der Waals surface area (Å²) in [4.78, 5) is 0. The van der Waals surface area contributed by atoms with Crippen LogP contribution in [0, 0.1) is 0 Å². The summed E-state index contributed by atoms with van der Waals surface area (Å²) in [5.74, 6) is 0. The Morgan fingerprint density at radius 3 is 1.35 bits per heavy atom. The fourth-order valence-corrected chi connectivity index (χ4v) is 9.91. The Morgan fingerprint density at radius 2 is 1.00 bits per heavy atom. The summed E-state index contributed by atoms with van der Waals surface area (Å²) in [6.07, 6.45) is 0. The fraction of sp³-hybridized carbons (Fsp3) is 0.143. The Hall–Kier alpha value is -0.0969. The minimum absolute atomic E-state index is 0.869. The van der Waals surface area contributed by atoms with Crippen LogP contribution in [0.1, 0.15) is 11.1 Å². The predicted octanol–water partition coefficient (Wildman–Crippen LogP) is 4.85. The van der Waals surface area contributed by atoms with E-state index in [2.05, 4.69) is 24.3 Å². The molecule has 0 saturated heterocycles. The van der Waals surface area contributed by atoms with Crippen molar-refractivity contribution in [1.82, 2.24) is 0 Å². The van der Waals surface area contributed by atoms with Gasteiger partial charge in [-0.1, -0.05) is 0 Å². The second-order valence-electron chi connectivity index (χ2n) is 4.18. The first-order valence-corrected chi connectivity index (χ1v) is 15.4. The third-order valence-electron chi connectivity index (χ3n) is 2.61. The molecular formula is C14H14Cl2Zr. The Bertz CT molecular complexity index is 411. The van der Waals surface area contributed by atoms with Gasteiger partial charge >= 0.3 is 115 Å². The van der Waals surface area contributed by atoms with Gasteiger partial charge < -0.3 is 0 Å². The van der Waals surface area contributed by atoms with Crippen molar-refractivity contribution in [2.45, 2.75) is 8.26 Å². The molecule has 0 aliphatic heterocycles. The van der Waals surface area contributed by atoms with Crippen LogP contribution in [-0.4, -0.2) is 0 Å². The molecule has 0 atom stereocenters. The maximum atomic E-state index is 6.58. The summed E-state index contributed by atoms with van der Waals surface area (Å²) in [6, 6.07) is 20.6. The van der Waals surface area contributed by atoms with Gasteiger partial charge in [-0.05, 0) is 0 Å². The summed E-state index contributed by atoms with van der Waals surface area (Å²) in [7, 11) is 13.2. The molecule has 0 aliphatic rings. The molecule has 0 saturated carbocycles. The molecule has 0 radical (unpaired) electrons. The number of halogens is 2. The van der Waals surface area contributed by atoms with E-state index < -0.39 is 17.9 Å². The van der Waals surface area contributed by atoms with Crippen LogP contribution in [0.15, 0.2) is 60.7 Å². The van der Waals surface area contributed by atoms with Crippen LogP contribution in [-0.2, 0) is 26.1 Å². The molecule has 0 N–H and O–H groups in total. The van der Waals surface area contributed by atoms with Crippen LogP contribution < -0.4 is 0 Å². The maximum absolute atomic E-state index is 6.58. The van der Waals surface area contributed by atoms with E-state index in [4.69, 9.17) is 17.0 Å². The fourth-order valence-electron chi connectivity index (χ4n) is 1.85. The Balaban J connectivity index is 2.04. The van der Waals surface area contributed by atoms with Gasteiger partial charge in [0.2, 0.25) is 0 Å². The summed E-state index contributed by atoms with van der Waals surface area (Å²) < 4.78 is 1.74. The number of hydrogen-bond acceptors (Lipinski definition) is 0. The van der Waals surface area contributed by atoms with Gasteiger partial charge in [0.05, 0.1) is 0 Å². The Labute approximate surface area is 114 Å². The monoisotopic (exact) mass is 342 g/mol. The second-order valence-corrected chi connectivity index (χ2v) is 19.8. The first kappa shape index (κ1) is 13.3. The molecule has 0 amide bonds. The van der Waals surface area contributed by atoms with Gasteiger partial charge in [0.1, 0.15) is 0 Å². The zero-order valence-corrected chi connectivity index (χ0v) is 13.4. The molecular weight excluding hydrogens is 330 g/mol. The van der Waals surface area contributed by atoms with Crippen molar-refractivity contribution in [3.05, 3.63) is 71.8 Å². The van der Waals surface area contributed by atoms with Crippen molar-refractivity contribution in [1.29, 1.82) is 0 Å². The van der Waals surface area contributed by atoms with Crippen molar-refractivity contribution < 1.29 is 17.9 Å². The standard InChI is InChI=1S/2C7H7.2ClH.Zr/c2*1-7-5-3-2-4-6-7;;;/h2*2-6H,1H2;2*1H;/q;;;;+2/p-2. The molecule has 2 aromatic rings. The van der Waals surface area contributed by atoms with Crippen LogP contribution in [0.25, 0.3) is 0 Å². The molecule has 3 heteroatoms. The van der Waals surface area contributed by atoms with E-state index in [1.54, 1.807) is 0 Å². The molecule has 0 heterocycles. The van der Waals surface area contributed by atoms with Gasteiger partial charge in [-0.3, -0.25) is 0 Å². The molecule has 2 aromatic carbocycles. The zero-order valence-electron chi connectivity index (χ0n) is 9.44. The molecule has 0 nitrogen and oxygen atoms in total. The van der Waals surface area contributed by atoms with Crippen molar-refractivity contribution in [2.24, 2.45) is 0 Å². The second kappa shape index (κ2) is 6.18. The number of rotatable bonds is 4. The number of benzene rings is 2. The molecule has 0 unspecified atom stereocenters. The third kappa shape index (κ3) is 4.58. The normalized spacial score (nSPS) is 11.4. The van der Waals surface area contributed by atoms with Gasteiger partial charge in [-0.25, -0.2) is 0 Å². The van der Waals surface area contributed by atoms with Crippen molar-refractivity contribution in [3.63, 3.8) is 0 Å². The van der Waals surface area contributed by atoms with Gasteiger partial charge in [0.15, 0.2) is 0 Å². The average molecular weight is 344 g/mol. The van der Waals surface area contributed by atoms with Crippen LogP contribution >= 0.6 is 17.0 Å². The molecule has 17 heavy (non-hydrogen) atoms. The van der Waals surface area contributed by atoms with Gasteiger partial charge in [-0.2, -0.15) is 0 Å². The van der Waals surface area contributed by atoms with Crippen LogP contribution in [0.5, 0.6) is 0 Å². The third-order valence-corrected chi connectivity index (χ3v) is 10.3. The molecule has 0 fully saturated rings. The molecule has 0 aliphatic carbocycles. The first-order valence-electron chi connectivity index (χ1n) is 5.61. The van der Waals surface area contributed by atoms with Crippen molar-refractivity contribution in [2.75, 3.05) is 0 Å². The summed E-state index contributed by atoms with van der Waals surface area (Å²) in [5, 5.41) is 0. The average Bonchev–Trinajstić information content (AvgIpc) is 2.30. The van der Waals surface area contributed by atoms with Gasteiger partial charge in [0.25, 0.3) is 0 Å². The van der Waals surface area contributed by atoms with Gasteiger partial charge in [-0.15, -0.1) is 0 Å². The zero-order chi connectivity index (χ0) is 12.1. The Kier molecular flexibility index (Phi) is 4.85. The molecule has 0 aromatic heterocycles. The summed E-state index contributed by atoms with van der Waals surface area (Å²) in [6.45, 7) is 0. The topological polar surface area (TPSA) is 0 Å². The van der Waals surface area contributed by atoms with Crippen molar-refractivity contribution >= 4 is 17.0 Å². The van der Waals surface area contributed by atoms with Gasteiger partial charge in [0, 0.05) is 0 Å². The molecule has 0 spiro atoms. The number of hydrogen-bond donors (Lipinski definition) is 0. The van der Waals surface area contributed by atoms with Crippen molar-refractivity contribution in [3.8, 4) is 0 Å².